The number of carbonyl (C=O) groups is 1. The number of hydrogen-bond donors (Lipinski definition) is 0. The molecule has 0 radical (unpaired) electrons. The number of ether oxygens (including phenoxy) is 1. The van der Waals surface area contributed by atoms with Gasteiger partial charge in [-0.1, -0.05) is 87.9 Å². The Balaban J connectivity index is 1.46. The van der Waals surface area contributed by atoms with Gasteiger partial charge in [0.15, 0.2) is 0 Å². The SMILES string of the molecule is CCCCCCCCCC(=O)N1CCCn2cccc2C1c1cccc(OCc2ccccc2)c1. The summed E-state index contributed by atoms with van der Waals surface area (Å²) in [6.45, 7) is 4.52. The zero-order valence-electron chi connectivity index (χ0n) is 21.2. The maximum absolute atomic E-state index is 13.5. The molecule has 0 saturated carbocycles. The molecule has 0 spiro atoms. The standard InChI is InChI=1S/C31H40N2O2/c1-2-3-4-5-6-7-11-20-30(34)33-23-14-22-32-21-13-19-29(32)31(33)27-17-12-18-28(24-27)35-25-26-15-9-8-10-16-26/h8-10,12-13,15-19,21,24,31H,2-7,11,14,20,22-23,25H2,1H3. The monoisotopic (exact) mass is 472 g/mol. The zero-order chi connectivity index (χ0) is 24.3. The summed E-state index contributed by atoms with van der Waals surface area (Å²) >= 11 is 0. The molecule has 2 aromatic carbocycles. The number of aromatic nitrogens is 1. The van der Waals surface area contributed by atoms with Gasteiger partial charge in [-0.3, -0.25) is 4.79 Å². The minimum absolute atomic E-state index is 0.0789. The van der Waals surface area contributed by atoms with Gasteiger partial charge in [-0.25, -0.2) is 0 Å². The number of benzene rings is 2. The van der Waals surface area contributed by atoms with E-state index < -0.39 is 0 Å². The molecule has 35 heavy (non-hydrogen) atoms. The highest BCUT2D eigenvalue weighted by molar-refractivity contribution is 5.77. The van der Waals surface area contributed by atoms with Crippen molar-refractivity contribution in [3.05, 3.63) is 89.7 Å². The highest BCUT2D eigenvalue weighted by atomic mass is 16.5. The number of fused-ring (bicyclic) bond motifs is 1. The van der Waals surface area contributed by atoms with E-state index in [2.05, 4.69) is 59.0 Å². The quantitative estimate of drug-likeness (QED) is 0.255. The van der Waals surface area contributed by atoms with Crippen molar-refractivity contribution in [3.8, 4) is 5.75 Å². The van der Waals surface area contributed by atoms with Crippen LogP contribution >= 0.6 is 0 Å². The Morgan fingerprint density at radius 2 is 1.69 bits per heavy atom. The first kappa shape index (κ1) is 25.1. The summed E-state index contributed by atoms with van der Waals surface area (Å²) in [5.41, 5.74) is 3.45. The third kappa shape index (κ3) is 7.00. The van der Waals surface area contributed by atoms with Crippen molar-refractivity contribution in [2.45, 2.75) is 83.9 Å². The number of aryl methyl sites for hydroxylation is 1. The third-order valence-electron chi connectivity index (χ3n) is 6.99. The van der Waals surface area contributed by atoms with E-state index in [0.29, 0.717) is 13.0 Å². The van der Waals surface area contributed by atoms with Crippen molar-refractivity contribution >= 4 is 5.91 Å². The Hall–Kier alpha value is -3.01. The summed E-state index contributed by atoms with van der Waals surface area (Å²) in [7, 11) is 0. The molecule has 0 bridgehead atoms. The molecule has 1 amide bonds. The Morgan fingerprint density at radius 3 is 2.51 bits per heavy atom. The topological polar surface area (TPSA) is 34.5 Å². The smallest absolute Gasteiger partial charge is 0.223 e. The fraction of sp³-hybridized carbons (Fsp3) is 0.452. The second kappa shape index (κ2) is 13.2. The first-order chi connectivity index (χ1) is 17.3. The molecule has 0 fully saturated rings. The lowest BCUT2D eigenvalue weighted by atomic mass is 10.0. The molecular weight excluding hydrogens is 432 g/mol. The van der Waals surface area contributed by atoms with Crippen molar-refractivity contribution < 1.29 is 9.53 Å². The molecule has 1 atom stereocenters. The summed E-state index contributed by atoms with van der Waals surface area (Å²) in [5.74, 6) is 1.11. The fourth-order valence-electron chi connectivity index (χ4n) is 5.09. The van der Waals surface area contributed by atoms with E-state index in [1.54, 1.807) is 0 Å². The van der Waals surface area contributed by atoms with Crippen molar-refractivity contribution in [2.24, 2.45) is 0 Å². The highest BCUT2D eigenvalue weighted by Crippen LogP contribution is 2.34. The fourth-order valence-corrected chi connectivity index (χ4v) is 5.09. The van der Waals surface area contributed by atoms with Gasteiger partial charge in [0.1, 0.15) is 12.4 Å². The van der Waals surface area contributed by atoms with Crippen LogP contribution in [0.1, 0.15) is 87.6 Å². The van der Waals surface area contributed by atoms with Crippen LogP contribution in [0.5, 0.6) is 5.75 Å². The van der Waals surface area contributed by atoms with E-state index in [4.69, 9.17) is 4.74 Å². The second-order valence-corrected chi connectivity index (χ2v) is 9.69. The van der Waals surface area contributed by atoms with Crippen LogP contribution in [-0.2, 0) is 17.9 Å². The predicted molar refractivity (Wildman–Crippen MR) is 142 cm³/mol. The number of nitrogens with zero attached hydrogens (tertiary/aromatic N) is 2. The van der Waals surface area contributed by atoms with Crippen LogP contribution in [0.15, 0.2) is 72.9 Å². The summed E-state index contributed by atoms with van der Waals surface area (Å²) in [4.78, 5) is 15.6. The minimum atomic E-state index is -0.0789. The summed E-state index contributed by atoms with van der Waals surface area (Å²) < 4.78 is 8.44. The van der Waals surface area contributed by atoms with Crippen molar-refractivity contribution in [2.75, 3.05) is 6.54 Å². The zero-order valence-corrected chi connectivity index (χ0v) is 21.2. The van der Waals surface area contributed by atoms with Crippen LogP contribution in [0.4, 0.5) is 0 Å². The molecule has 4 nitrogen and oxygen atoms in total. The molecule has 1 aromatic heterocycles. The normalized spacial score (nSPS) is 15.5. The van der Waals surface area contributed by atoms with Gasteiger partial charge in [0.2, 0.25) is 5.91 Å². The van der Waals surface area contributed by atoms with Gasteiger partial charge < -0.3 is 14.2 Å². The molecule has 1 aliphatic heterocycles. The first-order valence-electron chi connectivity index (χ1n) is 13.5. The number of rotatable bonds is 12. The average molecular weight is 473 g/mol. The number of hydrogen-bond acceptors (Lipinski definition) is 2. The van der Waals surface area contributed by atoms with Gasteiger partial charge >= 0.3 is 0 Å². The molecule has 2 heterocycles. The predicted octanol–water partition coefficient (Wildman–Crippen LogP) is 7.53. The van der Waals surface area contributed by atoms with Crippen LogP contribution in [0.2, 0.25) is 0 Å². The molecule has 0 N–H and O–H groups in total. The number of unbranched alkanes of at least 4 members (excludes halogenated alkanes) is 6. The van der Waals surface area contributed by atoms with E-state index in [1.807, 2.05) is 30.3 Å². The maximum Gasteiger partial charge on any atom is 0.223 e. The van der Waals surface area contributed by atoms with Gasteiger partial charge in [-0.15, -0.1) is 0 Å². The lowest BCUT2D eigenvalue weighted by Gasteiger charge is -2.31. The Morgan fingerprint density at radius 1 is 0.886 bits per heavy atom. The second-order valence-electron chi connectivity index (χ2n) is 9.69. The van der Waals surface area contributed by atoms with E-state index in [1.165, 1.54) is 37.8 Å². The molecule has 0 saturated heterocycles. The summed E-state index contributed by atoms with van der Waals surface area (Å²) in [5, 5.41) is 0. The van der Waals surface area contributed by atoms with Gasteiger partial charge in [0, 0.05) is 31.4 Å². The molecule has 0 aliphatic carbocycles. The van der Waals surface area contributed by atoms with Crippen molar-refractivity contribution in [1.29, 1.82) is 0 Å². The van der Waals surface area contributed by atoms with E-state index in [0.717, 1.165) is 49.2 Å². The van der Waals surface area contributed by atoms with E-state index in [9.17, 15) is 4.79 Å². The summed E-state index contributed by atoms with van der Waals surface area (Å²) in [6, 6.07) is 22.7. The van der Waals surface area contributed by atoms with Crippen LogP contribution in [-0.4, -0.2) is 21.9 Å². The van der Waals surface area contributed by atoms with Crippen molar-refractivity contribution in [1.82, 2.24) is 9.47 Å². The van der Waals surface area contributed by atoms with Crippen LogP contribution in [0.25, 0.3) is 0 Å². The first-order valence-corrected chi connectivity index (χ1v) is 13.5. The van der Waals surface area contributed by atoms with Gasteiger partial charge in [0.25, 0.3) is 0 Å². The highest BCUT2D eigenvalue weighted by Gasteiger charge is 2.30. The summed E-state index contributed by atoms with van der Waals surface area (Å²) in [6.07, 6.45) is 12.3. The maximum atomic E-state index is 13.5. The van der Waals surface area contributed by atoms with Crippen LogP contribution in [0, 0.1) is 0 Å². The molecule has 1 unspecified atom stereocenters. The molecule has 186 valence electrons. The van der Waals surface area contributed by atoms with Crippen LogP contribution in [0.3, 0.4) is 0 Å². The Labute approximate surface area is 210 Å². The largest absolute Gasteiger partial charge is 0.489 e. The Bertz CT molecular complexity index is 1040. The lowest BCUT2D eigenvalue weighted by molar-refractivity contribution is -0.133. The lowest BCUT2D eigenvalue weighted by Crippen LogP contribution is -2.35. The van der Waals surface area contributed by atoms with Gasteiger partial charge in [0.05, 0.1) is 6.04 Å². The molecule has 3 aromatic rings. The van der Waals surface area contributed by atoms with E-state index in [-0.39, 0.29) is 11.9 Å². The molecule has 4 heteroatoms. The van der Waals surface area contributed by atoms with E-state index >= 15 is 0 Å². The number of amides is 1. The van der Waals surface area contributed by atoms with Crippen molar-refractivity contribution in [3.63, 3.8) is 0 Å². The molecular formula is C31H40N2O2. The third-order valence-corrected chi connectivity index (χ3v) is 6.99. The molecule has 4 rings (SSSR count). The minimum Gasteiger partial charge on any atom is -0.489 e. The van der Waals surface area contributed by atoms with Gasteiger partial charge in [-0.2, -0.15) is 0 Å². The number of carbonyl (C=O) groups excluding carboxylic acids is 1. The molecule has 1 aliphatic rings. The van der Waals surface area contributed by atoms with Crippen LogP contribution < -0.4 is 4.74 Å². The Kier molecular flexibility index (Phi) is 9.45. The average Bonchev–Trinajstić information content (AvgIpc) is 3.27. The van der Waals surface area contributed by atoms with Gasteiger partial charge in [-0.05, 0) is 48.2 Å².